The molecule has 0 atom stereocenters. The highest BCUT2D eigenvalue weighted by Crippen LogP contribution is 2.32. The van der Waals surface area contributed by atoms with Crippen LogP contribution in [0.4, 0.5) is 5.69 Å². The van der Waals surface area contributed by atoms with E-state index in [4.69, 9.17) is 4.74 Å². The monoisotopic (exact) mass is 297 g/mol. The number of anilines is 1. The number of ether oxygens (including phenoxy) is 1. The van der Waals surface area contributed by atoms with Crippen molar-refractivity contribution >= 4 is 5.69 Å². The Morgan fingerprint density at radius 1 is 1.27 bits per heavy atom. The van der Waals surface area contributed by atoms with Gasteiger partial charge in [0, 0.05) is 17.8 Å². The molecule has 2 N–H and O–H groups in total. The topological polar surface area (TPSA) is 41.5 Å². The summed E-state index contributed by atoms with van der Waals surface area (Å²) in [5, 5.41) is 13.6. The highest BCUT2D eigenvalue weighted by atomic mass is 16.5. The third-order valence-electron chi connectivity index (χ3n) is 3.39. The van der Waals surface area contributed by atoms with Gasteiger partial charge in [-0.15, -0.1) is 6.58 Å². The summed E-state index contributed by atoms with van der Waals surface area (Å²) < 4.78 is 5.52. The molecular formula is C19H23NO2. The van der Waals surface area contributed by atoms with Gasteiger partial charge in [0.1, 0.15) is 0 Å². The molecule has 0 saturated carbocycles. The number of allylic oxidation sites excluding steroid dienone is 1. The fourth-order valence-corrected chi connectivity index (χ4v) is 2.37. The van der Waals surface area contributed by atoms with E-state index in [-0.39, 0.29) is 5.75 Å². The standard InChI is InChI=1S/C19H23NO2/c1-4-7-16-11-15(12-18(19(16)21)22-5-2)13-20-17-9-6-8-14(3)10-17/h4,6,8-12,20-21H,1,5,7,13H2,2-3H3. The van der Waals surface area contributed by atoms with E-state index in [9.17, 15) is 5.11 Å². The van der Waals surface area contributed by atoms with E-state index in [0.29, 0.717) is 25.3 Å². The highest BCUT2D eigenvalue weighted by Gasteiger charge is 2.10. The van der Waals surface area contributed by atoms with Crippen molar-refractivity contribution in [1.29, 1.82) is 0 Å². The van der Waals surface area contributed by atoms with Crippen molar-refractivity contribution in [3.63, 3.8) is 0 Å². The van der Waals surface area contributed by atoms with Gasteiger partial charge in [-0.25, -0.2) is 0 Å². The van der Waals surface area contributed by atoms with Gasteiger partial charge in [-0.1, -0.05) is 18.2 Å². The maximum absolute atomic E-state index is 10.2. The minimum Gasteiger partial charge on any atom is -0.504 e. The summed E-state index contributed by atoms with van der Waals surface area (Å²) in [7, 11) is 0. The Hall–Kier alpha value is -2.42. The van der Waals surface area contributed by atoms with Crippen molar-refractivity contribution in [3.05, 3.63) is 65.7 Å². The first-order chi connectivity index (χ1) is 10.6. The summed E-state index contributed by atoms with van der Waals surface area (Å²) in [6.07, 6.45) is 2.40. The molecular weight excluding hydrogens is 274 g/mol. The lowest BCUT2D eigenvalue weighted by Crippen LogP contribution is -2.02. The second kappa shape index (κ2) is 7.55. The number of hydrogen-bond donors (Lipinski definition) is 2. The molecule has 0 aliphatic carbocycles. The Balaban J connectivity index is 2.20. The second-order valence-electron chi connectivity index (χ2n) is 5.25. The fourth-order valence-electron chi connectivity index (χ4n) is 2.37. The van der Waals surface area contributed by atoms with Crippen LogP contribution in [0.5, 0.6) is 11.5 Å². The molecule has 116 valence electrons. The van der Waals surface area contributed by atoms with E-state index >= 15 is 0 Å². The number of phenolic OH excluding ortho intramolecular Hbond substituents is 1. The lowest BCUT2D eigenvalue weighted by atomic mass is 10.1. The number of nitrogens with one attached hydrogen (secondary N) is 1. The maximum atomic E-state index is 10.2. The average molecular weight is 297 g/mol. The van der Waals surface area contributed by atoms with Crippen LogP contribution in [0.1, 0.15) is 23.6 Å². The average Bonchev–Trinajstić information content (AvgIpc) is 2.50. The van der Waals surface area contributed by atoms with E-state index in [1.165, 1.54) is 5.56 Å². The zero-order chi connectivity index (χ0) is 15.9. The smallest absolute Gasteiger partial charge is 0.161 e. The fraction of sp³-hybridized carbons (Fsp3) is 0.263. The van der Waals surface area contributed by atoms with Crippen LogP contribution in [0.15, 0.2) is 49.1 Å². The molecule has 22 heavy (non-hydrogen) atoms. The van der Waals surface area contributed by atoms with Crippen molar-refractivity contribution in [3.8, 4) is 11.5 Å². The predicted molar refractivity (Wildman–Crippen MR) is 91.7 cm³/mol. The minimum atomic E-state index is 0.209. The molecule has 0 amide bonds. The molecule has 0 spiro atoms. The molecule has 3 heteroatoms. The largest absolute Gasteiger partial charge is 0.504 e. The van der Waals surface area contributed by atoms with Crippen molar-refractivity contribution in [2.24, 2.45) is 0 Å². The van der Waals surface area contributed by atoms with Gasteiger partial charge in [-0.3, -0.25) is 0 Å². The minimum absolute atomic E-state index is 0.209. The molecule has 0 aliphatic rings. The van der Waals surface area contributed by atoms with Crippen LogP contribution in [-0.4, -0.2) is 11.7 Å². The number of hydrogen-bond acceptors (Lipinski definition) is 3. The van der Waals surface area contributed by atoms with Gasteiger partial charge in [-0.05, 0) is 55.7 Å². The van der Waals surface area contributed by atoms with E-state index in [1.54, 1.807) is 6.08 Å². The molecule has 2 rings (SSSR count). The van der Waals surface area contributed by atoms with Crippen LogP contribution in [0, 0.1) is 6.92 Å². The van der Waals surface area contributed by atoms with Crippen LogP contribution in [0.2, 0.25) is 0 Å². The van der Waals surface area contributed by atoms with Gasteiger partial charge in [0.25, 0.3) is 0 Å². The first-order valence-corrected chi connectivity index (χ1v) is 7.53. The molecule has 2 aromatic rings. The normalized spacial score (nSPS) is 10.3. The van der Waals surface area contributed by atoms with Gasteiger partial charge >= 0.3 is 0 Å². The number of rotatable bonds is 7. The van der Waals surface area contributed by atoms with Gasteiger partial charge in [-0.2, -0.15) is 0 Å². The number of phenols is 1. The third kappa shape index (κ3) is 4.04. The van der Waals surface area contributed by atoms with Gasteiger partial charge in [0.05, 0.1) is 6.61 Å². The van der Waals surface area contributed by atoms with Gasteiger partial charge in [0.2, 0.25) is 0 Å². The summed E-state index contributed by atoms with van der Waals surface area (Å²) >= 11 is 0. The molecule has 0 unspecified atom stereocenters. The lowest BCUT2D eigenvalue weighted by Gasteiger charge is -2.14. The number of aryl methyl sites for hydroxylation is 1. The Labute approximate surface area is 132 Å². The Kier molecular flexibility index (Phi) is 5.48. The molecule has 2 aromatic carbocycles. The van der Waals surface area contributed by atoms with Crippen molar-refractivity contribution < 1.29 is 9.84 Å². The van der Waals surface area contributed by atoms with Crippen LogP contribution in [0.25, 0.3) is 0 Å². The number of benzene rings is 2. The van der Waals surface area contributed by atoms with Gasteiger partial charge < -0.3 is 15.2 Å². The Bertz CT molecular complexity index is 650. The number of aromatic hydroxyl groups is 1. The summed E-state index contributed by atoms with van der Waals surface area (Å²) in [6.45, 7) is 8.91. The maximum Gasteiger partial charge on any atom is 0.161 e. The van der Waals surface area contributed by atoms with Crippen LogP contribution < -0.4 is 10.1 Å². The predicted octanol–water partition coefficient (Wildman–Crippen LogP) is 4.44. The first kappa shape index (κ1) is 16.0. The van der Waals surface area contributed by atoms with Gasteiger partial charge in [0.15, 0.2) is 11.5 Å². The summed E-state index contributed by atoms with van der Waals surface area (Å²) in [5.74, 6) is 0.740. The van der Waals surface area contributed by atoms with E-state index in [1.807, 2.05) is 31.2 Å². The summed E-state index contributed by atoms with van der Waals surface area (Å²) in [5.41, 5.74) is 4.20. The van der Waals surface area contributed by atoms with Crippen molar-refractivity contribution in [2.45, 2.75) is 26.8 Å². The van der Waals surface area contributed by atoms with Crippen LogP contribution >= 0.6 is 0 Å². The lowest BCUT2D eigenvalue weighted by molar-refractivity contribution is 0.316. The summed E-state index contributed by atoms with van der Waals surface area (Å²) in [4.78, 5) is 0. The van der Waals surface area contributed by atoms with Crippen LogP contribution in [0.3, 0.4) is 0 Å². The first-order valence-electron chi connectivity index (χ1n) is 7.53. The van der Waals surface area contributed by atoms with E-state index in [2.05, 4.69) is 31.0 Å². The zero-order valence-electron chi connectivity index (χ0n) is 13.2. The molecule has 0 heterocycles. The molecule has 0 radical (unpaired) electrons. The molecule has 0 bridgehead atoms. The van der Waals surface area contributed by atoms with E-state index in [0.717, 1.165) is 16.8 Å². The zero-order valence-corrected chi connectivity index (χ0v) is 13.2. The Morgan fingerprint density at radius 3 is 2.77 bits per heavy atom. The summed E-state index contributed by atoms with van der Waals surface area (Å²) in [6, 6.07) is 12.1. The third-order valence-corrected chi connectivity index (χ3v) is 3.39. The molecule has 0 aromatic heterocycles. The Morgan fingerprint density at radius 2 is 2.09 bits per heavy atom. The van der Waals surface area contributed by atoms with Crippen LogP contribution in [-0.2, 0) is 13.0 Å². The van der Waals surface area contributed by atoms with Crippen molar-refractivity contribution in [1.82, 2.24) is 0 Å². The highest BCUT2D eigenvalue weighted by molar-refractivity contribution is 5.51. The molecule has 0 fully saturated rings. The van der Waals surface area contributed by atoms with E-state index < -0.39 is 0 Å². The quantitative estimate of drug-likeness (QED) is 0.742. The molecule has 0 aliphatic heterocycles. The molecule has 3 nitrogen and oxygen atoms in total. The SMILES string of the molecule is C=CCc1cc(CNc2cccc(C)c2)cc(OCC)c1O. The molecule has 0 saturated heterocycles. The second-order valence-corrected chi connectivity index (χ2v) is 5.25. The van der Waals surface area contributed by atoms with Crippen molar-refractivity contribution in [2.75, 3.05) is 11.9 Å².